The number of thiocyanates is 1. The Morgan fingerprint density at radius 1 is 1.50 bits per heavy atom. The van der Waals surface area contributed by atoms with E-state index < -0.39 is 9.05 Å². The molecule has 8 N–H and O–H groups in total. The number of hydrogen-bond acceptors (Lipinski definition) is 6. The fraction of sp³-hybridized carbons (Fsp3) is 0. The van der Waals surface area contributed by atoms with Gasteiger partial charge < -0.3 is 34.0 Å². The molecule has 64 valence electrons. The minimum atomic E-state index is -4.33. The highest BCUT2D eigenvalue weighted by Gasteiger charge is 1.43. The second kappa shape index (κ2) is 11.7. The van der Waals surface area contributed by atoms with E-state index in [1.54, 1.807) is 0 Å². The molecule has 0 unspecified atom stereocenters. The zero-order valence-electron chi connectivity index (χ0n) is 5.40. The van der Waals surface area contributed by atoms with Crippen LogP contribution in [0.1, 0.15) is 0 Å². The van der Waals surface area contributed by atoms with Crippen molar-refractivity contribution >= 4 is 32.9 Å². The number of hydrogen-bond donors (Lipinski definition) is 2. The van der Waals surface area contributed by atoms with Gasteiger partial charge in [-0.1, -0.05) is 5.40 Å². The Morgan fingerprint density at radius 2 is 1.50 bits per heavy atom. The van der Waals surface area contributed by atoms with Crippen LogP contribution in [0, 0.1) is 10.7 Å². The van der Waals surface area contributed by atoms with E-state index in [9.17, 15) is 0 Å². The SMILES string of the molecule is N#C[S-].O=S([O-])([O-])=S.[NH4+].[NH4+]. The quantitative estimate of drug-likeness (QED) is 0.410. The van der Waals surface area contributed by atoms with Gasteiger partial charge in [0.1, 0.15) is 0 Å². The first-order valence-electron chi connectivity index (χ1n) is 1.09. The van der Waals surface area contributed by atoms with Crippen molar-refractivity contribution in [3.05, 3.63) is 0 Å². The summed E-state index contributed by atoms with van der Waals surface area (Å²) in [4.78, 5) is 0. The maximum absolute atomic E-state index is 8.89. The second-order valence-electron chi connectivity index (χ2n) is 0.500. The molecule has 0 aromatic carbocycles. The smallest absolute Gasteiger partial charge is 0.0484 e. The minimum Gasteiger partial charge on any atom is -0.780 e. The van der Waals surface area contributed by atoms with Gasteiger partial charge in [-0.3, -0.25) is 4.21 Å². The summed E-state index contributed by atoms with van der Waals surface area (Å²) in [5.41, 5.74) is 0. The van der Waals surface area contributed by atoms with Gasteiger partial charge in [0, 0.05) is 0 Å². The van der Waals surface area contributed by atoms with Gasteiger partial charge in [0.25, 0.3) is 0 Å². The molecule has 0 radical (unpaired) electrons. The average Bonchev–Trinajstić information content (AvgIpc) is 1.27. The highest BCUT2D eigenvalue weighted by molar-refractivity contribution is 8.26. The van der Waals surface area contributed by atoms with Crippen LogP contribution in [0.5, 0.6) is 0 Å². The Hall–Kier alpha value is -0.0800. The Morgan fingerprint density at radius 3 is 1.50 bits per heavy atom. The number of rotatable bonds is 0. The van der Waals surface area contributed by atoms with Crippen LogP contribution in [0.15, 0.2) is 0 Å². The van der Waals surface area contributed by atoms with Crippen LogP contribution in [-0.4, -0.2) is 13.3 Å². The third-order valence-electron chi connectivity index (χ3n) is 0. The van der Waals surface area contributed by atoms with Crippen molar-refractivity contribution in [3.8, 4) is 5.40 Å². The number of quaternary nitrogens is 2. The lowest BCUT2D eigenvalue weighted by molar-refractivity contribution is 0.416. The first kappa shape index (κ1) is 22.5. The standard InChI is InChI=1S/CHNS.2H3N.H2O3S2/c2-1-3;;;1-5(2,3)4/h3H;2*1H3;(H2,1,2,3,4)/p-1. The first-order chi connectivity index (χ1) is 3.41. The summed E-state index contributed by atoms with van der Waals surface area (Å²) in [5.74, 6) is 0. The minimum absolute atomic E-state index is 0. The van der Waals surface area contributed by atoms with Crippen molar-refractivity contribution in [2.24, 2.45) is 0 Å². The number of nitrogens with zero attached hydrogens (tertiary/aromatic N) is 1. The van der Waals surface area contributed by atoms with Crippen molar-refractivity contribution in [2.75, 3.05) is 0 Å². The molecule has 0 saturated heterocycles. The molecule has 0 fully saturated rings. The molecule has 0 atom stereocenters. The van der Waals surface area contributed by atoms with E-state index in [1.165, 1.54) is 5.40 Å². The summed E-state index contributed by atoms with van der Waals surface area (Å²) >= 11 is 6.94. The third kappa shape index (κ3) is 59300. The van der Waals surface area contributed by atoms with Crippen molar-refractivity contribution in [1.29, 1.82) is 5.26 Å². The fourth-order valence-corrected chi connectivity index (χ4v) is 0. The monoisotopic (exact) mass is 206 g/mol. The molecular formula is CH8N3O3S3-. The van der Waals surface area contributed by atoms with Crippen LogP contribution in [0.2, 0.25) is 0 Å². The van der Waals surface area contributed by atoms with E-state index in [4.69, 9.17) is 18.6 Å². The van der Waals surface area contributed by atoms with Gasteiger partial charge in [-0.15, -0.1) is 9.05 Å². The summed E-state index contributed by atoms with van der Waals surface area (Å²) in [6, 6.07) is 0. The molecule has 9 heteroatoms. The van der Waals surface area contributed by atoms with Gasteiger partial charge in [0.2, 0.25) is 0 Å². The molecule has 0 spiro atoms. The molecular weight excluding hydrogens is 198 g/mol. The maximum Gasteiger partial charge on any atom is -0.0484 e. The Kier molecular flexibility index (Phi) is 26.3. The lowest BCUT2D eigenvalue weighted by Crippen LogP contribution is -1.88. The Labute approximate surface area is 69.5 Å². The first-order valence-corrected chi connectivity index (χ1v) is 3.84. The highest BCUT2D eigenvalue weighted by atomic mass is 32.9. The molecule has 10 heavy (non-hydrogen) atoms. The molecule has 0 aliphatic carbocycles. The summed E-state index contributed by atoms with van der Waals surface area (Å²) < 4.78 is 26.7. The van der Waals surface area contributed by atoms with Crippen LogP contribution in [0.3, 0.4) is 0 Å². The zero-order valence-corrected chi connectivity index (χ0v) is 7.85. The fourth-order valence-electron chi connectivity index (χ4n) is 0. The van der Waals surface area contributed by atoms with Crippen LogP contribution in [0.4, 0.5) is 0 Å². The number of nitriles is 1. The lowest BCUT2D eigenvalue weighted by Gasteiger charge is -2.12. The molecule has 0 rings (SSSR count). The van der Waals surface area contributed by atoms with Crippen molar-refractivity contribution in [2.45, 2.75) is 0 Å². The Balaban J connectivity index is -0.0000000326. The molecule has 0 heterocycles. The molecule has 0 bridgehead atoms. The van der Waals surface area contributed by atoms with Gasteiger partial charge in [-0.2, -0.15) is 0 Å². The summed E-state index contributed by atoms with van der Waals surface area (Å²) in [6.45, 7) is 0. The Bertz CT molecular complexity index is 160. The highest BCUT2D eigenvalue weighted by Crippen LogP contribution is 1.60. The summed E-state index contributed by atoms with van der Waals surface area (Å²) in [7, 11) is -4.33. The van der Waals surface area contributed by atoms with Gasteiger partial charge in [-0.05, 0) is 11.2 Å². The summed E-state index contributed by atoms with van der Waals surface area (Å²) in [5, 5.41) is 8.47. The van der Waals surface area contributed by atoms with Crippen molar-refractivity contribution in [3.63, 3.8) is 0 Å². The molecule has 0 aromatic rings. The van der Waals surface area contributed by atoms with Crippen LogP contribution >= 0.6 is 0 Å². The van der Waals surface area contributed by atoms with Gasteiger partial charge in [-0.25, -0.2) is 5.26 Å². The van der Waals surface area contributed by atoms with Gasteiger partial charge >= 0.3 is 0 Å². The molecule has 0 aliphatic heterocycles. The van der Waals surface area contributed by atoms with E-state index in [1.807, 2.05) is 0 Å². The molecule has 0 aliphatic rings. The predicted molar refractivity (Wildman–Crippen MR) is 42.0 cm³/mol. The van der Waals surface area contributed by atoms with E-state index >= 15 is 0 Å². The zero-order chi connectivity index (χ0) is 7.21. The van der Waals surface area contributed by atoms with E-state index in [0.717, 1.165) is 0 Å². The van der Waals surface area contributed by atoms with E-state index in [2.05, 4.69) is 23.8 Å². The topological polar surface area (TPSA) is 160 Å². The molecule has 0 amide bonds. The maximum atomic E-state index is 8.89. The van der Waals surface area contributed by atoms with E-state index in [-0.39, 0.29) is 12.3 Å². The predicted octanol–water partition coefficient (Wildman–Crippen LogP) is -0.240. The molecule has 0 aromatic heterocycles. The average molecular weight is 206 g/mol. The van der Waals surface area contributed by atoms with Crippen molar-refractivity contribution in [1.82, 2.24) is 12.3 Å². The van der Waals surface area contributed by atoms with E-state index in [0.29, 0.717) is 0 Å². The molecule has 6 nitrogen and oxygen atoms in total. The van der Waals surface area contributed by atoms with Gasteiger partial charge in [0.05, 0.1) is 0 Å². The second-order valence-corrected chi connectivity index (χ2v) is 2.72. The normalized spacial score (nSPS) is 6.50. The molecule has 0 saturated carbocycles. The van der Waals surface area contributed by atoms with Crippen LogP contribution in [0.25, 0.3) is 0 Å². The van der Waals surface area contributed by atoms with Crippen LogP contribution < -0.4 is 12.3 Å². The van der Waals surface area contributed by atoms with Crippen molar-refractivity contribution < 1.29 is 13.3 Å². The largest absolute Gasteiger partial charge is 0.780 e. The lowest BCUT2D eigenvalue weighted by atomic mass is 11.8. The third-order valence-corrected chi connectivity index (χ3v) is 0. The van der Waals surface area contributed by atoms with Crippen LogP contribution in [-0.2, 0) is 32.9 Å². The summed E-state index contributed by atoms with van der Waals surface area (Å²) in [6.07, 6.45) is 0. The van der Waals surface area contributed by atoms with Gasteiger partial charge in [0.15, 0.2) is 0 Å².